The van der Waals surface area contributed by atoms with Crippen LogP contribution in [0.1, 0.15) is 23.7 Å². The summed E-state index contributed by atoms with van der Waals surface area (Å²) in [7, 11) is 1.59. The van der Waals surface area contributed by atoms with Gasteiger partial charge in [-0.1, -0.05) is 25.1 Å². The molecule has 1 heterocycles. The predicted molar refractivity (Wildman–Crippen MR) is 87.8 cm³/mol. The molecule has 1 aromatic rings. The van der Waals surface area contributed by atoms with Crippen LogP contribution in [-0.2, 0) is 9.53 Å². The molecule has 5 nitrogen and oxygen atoms in total. The van der Waals surface area contributed by atoms with Crippen molar-refractivity contribution in [1.82, 2.24) is 10.2 Å². The van der Waals surface area contributed by atoms with E-state index in [9.17, 15) is 9.59 Å². The van der Waals surface area contributed by atoms with E-state index in [-0.39, 0.29) is 17.2 Å². The molecule has 2 rings (SSSR count). The monoisotopic (exact) mass is 322 g/mol. The minimum absolute atomic E-state index is 0.0471. The number of ether oxygens (including phenoxy) is 1. The van der Waals surface area contributed by atoms with Gasteiger partial charge in [-0.2, -0.15) is 0 Å². The first-order valence-electron chi connectivity index (χ1n) is 7.45. The number of carbonyl (C=O) groups excluding carboxylic acids is 2. The van der Waals surface area contributed by atoms with Crippen LogP contribution in [-0.4, -0.2) is 54.1 Å². The van der Waals surface area contributed by atoms with Crippen molar-refractivity contribution in [3.63, 3.8) is 0 Å². The second-order valence-electron chi connectivity index (χ2n) is 5.07. The lowest BCUT2D eigenvalue weighted by atomic mass is 10.1. The Morgan fingerprint density at radius 1 is 1.36 bits per heavy atom. The highest BCUT2D eigenvalue weighted by molar-refractivity contribution is 8.00. The summed E-state index contributed by atoms with van der Waals surface area (Å²) in [6.07, 6.45) is 0.824. The van der Waals surface area contributed by atoms with Crippen molar-refractivity contribution >= 4 is 23.6 Å². The van der Waals surface area contributed by atoms with Gasteiger partial charge in [0.1, 0.15) is 6.04 Å². The van der Waals surface area contributed by atoms with Gasteiger partial charge >= 0.3 is 0 Å². The van der Waals surface area contributed by atoms with Gasteiger partial charge in [0.15, 0.2) is 0 Å². The standard InChI is InChI=1S/C16H22N2O3S/c1-3-14-18(16(20)12-7-5-4-6-8-12)13(11-22-14)15(19)17-9-10-21-2/h4-8,13-14H,3,9-11H2,1-2H3,(H,17,19)/t13-,14+/m0/s1. The van der Waals surface area contributed by atoms with E-state index in [1.807, 2.05) is 25.1 Å². The summed E-state index contributed by atoms with van der Waals surface area (Å²) in [5.41, 5.74) is 0.623. The Morgan fingerprint density at radius 3 is 2.73 bits per heavy atom. The number of hydrogen-bond donors (Lipinski definition) is 1. The fourth-order valence-corrected chi connectivity index (χ4v) is 3.83. The number of amides is 2. The topological polar surface area (TPSA) is 58.6 Å². The molecule has 1 N–H and O–H groups in total. The molecular formula is C16H22N2O3S. The Hall–Kier alpha value is -1.53. The van der Waals surface area contributed by atoms with Crippen LogP contribution in [0.2, 0.25) is 0 Å². The zero-order chi connectivity index (χ0) is 15.9. The van der Waals surface area contributed by atoms with Crippen LogP contribution in [0.5, 0.6) is 0 Å². The summed E-state index contributed by atoms with van der Waals surface area (Å²) in [4.78, 5) is 26.8. The number of hydrogen-bond acceptors (Lipinski definition) is 4. The van der Waals surface area contributed by atoms with Crippen molar-refractivity contribution in [2.45, 2.75) is 24.8 Å². The van der Waals surface area contributed by atoms with Gasteiger partial charge in [0.2, 0.25) is 5.91 Å². The molecule has 0 aromatic heterocycles. The van der Waals surface area contributed by atoms with Crippen molar-refractivity contribution in [3.8, 4) is 0 Å². The SMILES string of the molecule is CC[C@H]1SC[C@@H](C(=O)NCCOC)N1C(=O)c1ccccc1. The number of benzene rings is 1. The summed E-state index contributed by atoms with van der Waals surface area (Å²) in [6, 6.07) is 8.72. The Balaban J connectivity index is 2.12. The Morgan fingerprint density at radius 2 is 2.09 bits per heavy atom. The maximum Gasteiger partial charge on any atom is 0.255 e. The molecule has 1 aliphatic heterocycles. The first kappa shape index (κ1) is 16.8. The average molecular weight is 322 g/mol. The number of nitrogens with zero attached hydrogens (tertiary/aromatic N) is 1. The summed E-state index contributed by atoms with van der Waals surface area (Å²) < 4.78 is 4.94. The third-order valence-electron chi connectivity index (χ3n) is 3.61. The van der Waals surface area contributed by atoms with Gasteiger partial charge in [-0.15, -0.1) is 11.8 Å². The summed E-state index contributed by atoms with van der Waals surface area (Å²) in [5, 5.41) is 2.88. The molecule has 0 aliphatic carbocycles. The lowest BCUT2D eigenvalue weighted by Gasteiger charge is -2.28. The van der Waals surface area contributed by atoms with Gasteiger partial charge < -0.3 is 15.0 Å². The molecule has 1 aromatic carbocycles. The maximum absolute atomic E-state index is 12.8. The molecule has 1 aliphatic rings. The van der Waals surface area contributed by atoms with Gasteiger partial charge in [0.05, 0.1) is 12.0 Å². The number of methoxy groups -OCH3 is 1. The van der Waals surface area contributed by atoms with Crippen LogP contribution in [0.25, 0.3) is 0 Å². The van der Waals surface area contributed by atoms with Gasteiger partial charge in [0, 0.05) is 25.0 Å². The average Bonchev–Trinajstić information content (AvgIpc) is 2.99. The Bertz CT molecular complexity index is 509. The van der Waals surface area contributed by atoms with Crippen LogP contribution >= 0.6 is 11.8 Å². The second-order valence-corrected chi connectivity index (χ2v) is 6.29. The molecule has 0 saturated carbocycles. The van der Waals surface area contributed by atoms with Crippen molar-refractivity contribution < 1.29 is 14.3 Å². The van der Waals surface area contributed by atoms with Crippen molar-refractivity contribution in [2.24, 2.45) is 0 Å². The van der Waals surface area contributed by atoms with Crippen molar-refractivity contribution in [3.05, 3.63) is 35.9 Å². The van der Waals surface area contributed by atoms with E-state index in [0.29, 0.717) is 24.5 Å². The fraction of sp³-hybridized carbons (Fsp3) is 0.500. The Kier molecular flexibility index (Phi) is 6.27. The molecule has 2 atom stereocenters. The second kappa shape index (κ2) is 8.19. The van der Waals surface area contributed by atoms with E-state index in [4.69, 9.17) is 4.74 Å². The van der Waals surface area contributed by atoms with Gasteiger partial charge in [-0.25, -0.2) is 0 Å². The molecule has 22 heavy (non-hydrogen) atoms. The molecule has 1 fully saturated rings. The van der Waals surface area contributed by atoms with E-state index in [2.05, 4.69) is 5.32 Å². The maximum atomic E-state index is 12.8. The molecular weight excluding hydrogens is 300 g/mol. The minimum Gasteiger partial charge on any atom is -0.383 e. The van der Waals surface area contributed by atoms with Gasteiger partial charge in [0.25, 0.3) is 5.91 Å². The van der Waals surface area contributed by atoms with E-state index < -0.39 is 6.04 Å². The van der Waals surface area contributed by atoms with E-state index in [1.54, 1.807) is 35.9 Å². The quantitative estimate of drug-likeness (QED) is 0.811. The zero-order valence-electron chi connectivity index (χ0n) is 13.0. The molecule has 120 valence electrons. The number of carbonyl (C=O) groups is 2. The summed E-state index contributed by atoms with van der Waals surface area (Å²) in [6.45, 7) is 2.96. The largest absolute Gasteiger partial charge is 0.383 e. The van der Waals surface area contributed by atoms with Crippen LogP contribution in [0, 0.1) is 0 Å². The van der Waals surface area contributed by atoms with E-state index in [0.717, 1.165) is 6.42 Å². The Labute approximate surface area is 135 Å². The fourth-order valence-electron chi connectivity index (χ4n) is 2.48. The summed E-state index contributed by atoms with van der Waals surface area (Å²) in [5.74, 6) is 0.449. The molecule has 0 radical (unpaired) electrons. The number of nitrogens with one attached hydrogen (secondary N) is 1. The highest BCUT2D eigenvalue weighted by Gasteiger charge is 2.40. The summed E-state index contributed by atoms with van der Waals surface area (Å²) >= 11 is 1.66. The molecule has 2 amide bonds. The molecule has 0 bridgehead atoms. The van der Waals surface area contributed by atoms with Gasteiger partial charge in [-0.05, 0) is 18.6 Å². The first-order chi connectivity index (χ1) is 10.7. The lowest BCUT2D eigenvalue weighted by Crippen LogP contribution is -2.50. The smallest absolute Gasteiger partial charge is 0.255 e. The zero-order valence-corrected chi connectivity index (χ0v) is 13.8. The molecule has 1 saturated heterocycles. The number of rotatable bonds is 6. The van der Waals surface area contributed by atoms with Crippen LogP contribution < -0.4 is 5.32 Å². The highest BCUT2D eigenvalue weighted by atomic mass is 32.2. The lowest BCUT2D eigenvalue weighted by molar-refractivity contribution is -0.125. The van der Waals surface area contributed by atoms with E-state index >= 15 is 0 Å². The van der Waals surface area contributed by atoms with E-state index in [1.165, 1.54) is 0 Å². The van der Waals surface area contributed by atoms with Gasteiger partial charge in [-0.3, -0.25) is 9.59 Å². The van der Waals surface area contributed by atoms with Crippen LogP contribution in [0.4, 0.5) is 0 Å². The first-order valence-corrected chi connectivity index (χ1v) is 8.49. The minimum atomic E-state index is -0.417. The van der Waals surface area contributed by atoms with Crippen LogP contribution in [0.3, 0.4) is 0 Å². The van der Waals surface area contributed by atoms with Crippen LogP contribution in [0.15, 0.2) is 30.3 Å². The molecule has 6 heteroatoms. The van der Waals surface area contributed by atoms with Crippen molar-refractivity contribution in [1.29, 1.82) is 0 Å². The number of thioether (sulfide) groups is 1. The van der Waals surface area contributed by atoms with Crippen molar-refractivity contribution in [2.75, 3.05) is 26.0 Å². The molecule has 0 unspecified atom stereocenters. The third-order valence-corrected chi connectivity index (χ3v) is 5.06. The predicted octanol–water partition coefficient (Wildman–Crippen LogP) is 1.74. The normalized spacial score (nSPS) is 20.9. The third kappa shape index (κ3) is 3.81. The highest BCUT2D eigenvalue weighted by Crippen LogP contribution is 2.32. The molecule has 0 spiro atoms.